The van der Waals surface area contributed by atoms with Crippen LogP contribution in [0.4, 0.5) is 0 Å². The summed E-state index contributed by atoms with van der Waals surface area (Å²) in [6, 6.07) is 20.8. The first-order chi connectivity index (χ1) is 16.9. The van der Waals surface area contributed by atoms with E-state index in [9.17, 15) is 9.90 Å². The minimum Gasteiger partial charge on any atom is -0.506 e. The Balaban J connectivity index is 1.49. The topological polar surface area (TPSA) is 70.9 Å². The van der Waals surface area contributed by atoms with Gasteiger partial charge in [0.1, 0.15) is 12.4 Å². The molecule has 1 amide bonds. The molecule has 5 nitrogen and oxygen atoms in total. The van der Waals surface area contributed by atoms with Crippen molar-refractivity contribution in [3.63, 3.8) is 0 Å². The highest BCUT2D eigenvalue weighted by molar-refractivity contribution is 6.37. The van der Waals surface area contributed by atoms with Crippen LogP contribution in [0.5, 0.6) is 11.5 Å². The van der Waals surface area contributed by atoms with Gasteiger partial charge in [0.25, 0.3) is 5.91 Å². The lowest BCUT2D eigenvalue weighted by Crippen LogP contribution is -2.17. The number of nitrogens with zero attached hydrogens (tertiary/aromatic N) is 1. The third kappa shape index (κ3) is 5.87. The number of fused-ring (bicyclic) bond motifs is 1. The summed E-state index contributed by atoms with van der Waals surface area (Å²) in [4.78, 5) is 12.3. The van der Waals surface area contributed by atoms with Gasteiger partial charge in [-0.2, -0.15) is 5.10 Å². The van der Waals surface area contributed by atoms with Crippen molar-refractivity contribution in [2.45, 2.75) is 0 Å². The van der Waals surface area contributed by atoms with Crippen LogP contribution in [0.15, 0.2) is 77.9 Å². The Morgan fingerprint density at radius 3 is 2.43 bits per heavy atom. The lowest BCUT2D eigenvalue weighted by molar-refractivity contribution is 0.0955. The van der Waals surface area contributed by atoms with Crippen molar-refractivity contribution in [3.05, 3.63) is 105 Å². The van der Waals surface area contributed by atoms with Crippen molar-refractivity contribution in [1.82, 2.24) is 5.43 Å². The summed E-state index contributed by atoms with van der Waals surface area (Å²) < 4.78 is 5.63. The van der Waals surface area contributed by atoms with Gasteiger partial charge < -0.3 is 9.84 Å². The Labute approximate surface area is 216 Å². The molecule has 4 aromatic rings. The van der Waals surface area contributed by atoms with Gasteiger partial charge >= 0.3 is 0 Å². The molecule has 0 aliphatic rings. The van der Waals surface area contributed by atoms with Crippen LogP contribution in [0.25, 0.3) is 10.8 Å². The lowest BCUT2D eigenvalue weighted by Gasteiger charge is -2.07. The third-order valence-corrected chi connectivity index (χ3v) is 5.87. The Kier molecular flexibility index (Phi) is 7.79. The molecule has 35 heavy (non-hydrogen) atoms. The van der Waals surface area contributed by atoms with Gasteiger partial charge in [-0.05, 0) is 47.2 Å². The van der Waals surface area contributed by atoms with E-state index >= 15 is 0 Å². The van der Waals surface area contributed by atoms with Crippen LogP contribution in [0.2, 0.25) is 15.1 Å². The highest BCUT2D eigenvalue weighted by atomic mass is 35.5. The average Bonchev–Trinajstić information content (AvgIpc) is 2.85. The number of hydrazone groups is 1. The highest BCUT2D eigenvalue weighted by Crippen LogP contribution is 2.32. The largest absolute Gasteiger partial charge is 0.506 e. The smallest absolute Gasteiger partial charge is 0.271 e. The van der Waals surface area contributed by atoms with Crippen molar-refractivity contribution < 1.29 is 14.6 Å². The number of carbonyl (C=O) groups is 1. The quantitative estimate of drug-likeness (QED) is 0.174. The molecular weight excluding hydrogens is 507 g/mol. The van der Waals surface area contributed by atoms with Crippen molar-refractivity contribution in [2.75, 3.05) is 6.61 Å². The number of para-hydroxylation sites is 1. The van der Waals surface area contributed by atoms with E-state index in [0.717, 1.165) is 21.9 Å². The van der Waals surface area contributed by atoms with Crippen LogP contribution in [0, 0.1) is 11.8 Å². The zero-order valence-electron chi connectivity index (χ0n) is 18.1. The van der Waals surface area contributed by atoms with Gasteiger partial charge in [0.2, 0.25) is 0 Å². The van der Waals surface area contributed by atoms with E-state index in [4.69, 9.17) is 39.5 Å². The van der Waals surface area contributed by atoms with E-state index in [-0.39, 0.29) is 22.9 Å². The number of aromatic hydroxyl groups is 1. The molecule has 0 aromatic heterocycles. The molecule has 2 N–H and O–H groups in total. The molecule has 0 fully saturated rings. The van der Waals surface area contributed by atoms with Crippen molar-refractivity contribution in [3.8, 4) is 23.3 Å². The van der Waals surface area contributed by atoms with Crippen molar-refractivity contribution >= 4 is 57.7 Å². The molecule has 0 spiro atoms. The van der Waals surface area contributed by atoms with E-state index in [0.29, 0.717) is 15.8 Å². The second-order valence-corrected chi connectivity index (χ2v) is 8.48. The number of amides is 1. The Bertz CT molecular complexity index is 1490. The zero-order valence-corrected chi connectivity index (χ0v) is 20.3. The first-order valence-corrected chi connectivity index (χ1v) is 11.5. The minimum atomic E-state index is -0.450. The maximum atomic E-state index is 12.3. The molecular formula is C27H17Cl3N2O3. The number of benzene rings is 4. The fourth-order valence-corrected chi connectivity index (χ4v) is 3.96. The zero-order chi connectivity index (χ0) is 24.8. The van der Waals surface area contributed by atoms with Gasteiger partial charge in [-0.3, -0.25) is 4.79 Å². The summed E-state index contributed by atoms with van der Waals surface area (Å²) in [5, 5.41) is 16.3. The first kappa shape index (κ1) is 24.4. The average molecular weight is 524 g/mol. The van der Waals surface area contributed by atoms with Crippen LogP contribution in [-0.2, 0) is 0 Å². The third-order valence-electron chi connectivity index (χ3n) is 4.97. The van der Waals surface area contributed by atoms with Gasteiger partial charge in [-0.15, -0.1) is 0 Å². The predicted octanol–water partition coefficient (Wildman–Crippen LogP) is 6.70. The molecule has 0 heterocycles. The number of phenolic OH excluding ortho intramolecular Hbond substituents is 1. The van der Waals surface area contributed by atoms with Gasteiger partial charge in [0.05, 0.1) is 21.3 Å². The fraction of sp³-hybridized carbons (Fsp3) is 0.0370. The second kappa shape index (κ2) is 11.2. The van der Waals surface area contributed by atoms with Gasteiger partial charge in [-0.25, -0.2) is 5.43 Å². The minimum absolute atomic E-state index is 0.0877. The monoisotopic (exact) mass is 522 g/mol. The molecule has 0 unspecified atom stereocenters. The molecule has 0 aliphatic carbocycles. The molecule has 0 saturated heterocycles. The number of hydrogen-bond acceptors (Lipinski definition) is 4. The van der Waals surface area contributed by atoms with E-state index in [1.165, 1.54) is 18.2 Å². The maximum Gasteiger partial charge on any atom is 0.271 e. The number of nitrogens with one attached hydrogen (secondary N) is 1. The molecule has 0 aliphatic heterocycles. The Hall–Kier alpha value is -3.69. The number of carbonyl (C=O) groups excluding carboxylic acids is 1. The molecule has 8 heteroatoms. The van der Waals surface area contributed by atoms with E-state index < -0.39 is 5.91 Å². The molecule has 0 atom stereocenters. The molecule has 4 rings (SSSR count). The summed E-state index contributed by atoms with van der Waals surface area (Å²) in [6.45, 7) is 0.119. The summed E-state index contributed by atoms with van der Waals surface area (Å²) in [7, 11) is 0. The Morgan fingerprint density at radius 1 is 0.943 bits per heavy atom. The van der Waals surface area contributed by atoms with Crippen LogP contribution in [-0.4, -0.2) is 23.8 Å². The number of halogens is 3. The maximum absolute atomic E-state index is 12.3. The lowest BCUT2D eigenvalue weighted by atomic mass is 10.0. The van der Waals surface area contributed by atoms with E-state index in [2.05, 4.69) is 22.4 Å². The Morgan fingerprint density at radius 2 is 1.69 bits per heavy atom. The normalized spacial score (nSPS) is 10.7. The van der Waals surface area contributed by atoms with Gasteiger partial charge in [0, 0.05) is 16.7 Å². The first-order valence-electron chi connectivity index (χ1n) is 10.3. The highest BCUT2D eigenvalue weighted by Gasteiger charge is 2.08. The van der Waals surface area contributed by atoms with Gasteiger partial charge in [0.15, 0.2) is 5.75 Å². The molecule has 4 aromatic carbocycles. The number of ether oxygens (including phenoxy) is 1. The summed E-state index contributed by atoms with van der Waals surface area (Å²) >= 11 is 18.1. The summed E-state index contributed by atoms with van der Waals surface area (Å²) in [6.07, 6.45) is 1.56. The standard InChI is InChI=1S/C27H17Cl3N2O3/c28-22-8-3-9-23(29)26(22)35-14-4-5-17-10-11-19(21-7-2-1-6-20(17)21)16-31-32-27(34)18-12-13-25(33)24(30)15-18/h1-3,6-13,15-16,33H,14H2,(H,32,34)/b31-16+. The van der Waals surface area contributed by atoms with Crippen LogP contribution in [0.1, 0.15) is 21.5 Å². The number of rotatable bonds is 5. The predicted molar refractivity (Wildman–Crippen MR) is 141 cm³/mol. The summed E-state index contributed by atoms with van der Waals surface area (Å²) in [5.74, 6) is 5.97. The van der Waals surface area contributed by atoms with Crippen LogP contribution < -0.4 is 10.2 Å². The van der Waals surface area contributed by atoms with Crippen molar-refractivity contribution in [2.24, 2.45) is 5.10 Å². The van der Waals surface area contributed by atoms with E-state index in [1.54, 1.807) is 24.4 Å². The number of hydrogen-bond donors (Lipinski definition) is 2. The van der Waals surface area contributed by atoms with Gasteiger partial charge in [-0.1, -0.05) is 83.0 Å². The number of phenols is 1. The van der Waals surface area contributed by atoms with Crippen molar-refractivity contribution in [1.29, 1.82) is 0 Å². The molecule has 174 valence electrons. The molecule has 0 saturated carbocycles. The SMILES string of the molecule is O=C(N/N=C/c1ccc(C#CCOc2c(Cl)cccc2Cl)c2ccccc12)c1ccc(O)c(Cl)c1. The van der Waals surface area contributed by atoms with E-state index in [1.807, 2.05) is 36.4 Å². The second-order valence-electron chi connectivity index (χ2n) is 7.25. The van der Waals surface area contributed by atoms with Crippen LogP contribution >= 0.6 is 34.8 Å². The summed E-state index contributed by atoms with van der Waals surface area (Å²) in [5.41, 5.74) is 4.36. The molecule has 0 bridgehead atoms. The van der Waals surface area contributed by atoms with Crippen LogP contribution in [0.3, 0.4) is 0 Å². The molecule has 0 radical (unpaired) electrons. The fourth-order valence-electron chi connectivity index (χ4n) is 3.28.